The molecule has 4 heterocycles. The van der Waals surface area contributed by atoms with Gasteiger partial charge in [-0.25, -0.2) is 15.0 Å². The summed E-state index contributed by atoms with van der Waals surface area (Å²) in [7, 11) is 0. The maximum absolute atomic E-state index is 6.56. The van der Waals surface area contributed by atoms with Crippen LogP contribution in [-0.2, 0) is 0 Å². The zero-order valence-electron chi connectivity index (χ0n) is 33.7. The molecule has 63 heavy (non-hydrogen) atoms. The summed E-state index contributed by atoms with van der Waals surface area (Å²) in [4.78, 5) is 15.4. The molecule has 13 rings (SSSR count). The minimum atomic E-state index is 0.568. The van der Waals surface area contributed by atoms with Crippen molar-refractivity contribution in [2.75, 3.05) is 0 Å². The van der Waals surface area contributed by atoms with E-state index in [0.717, 1.165) is 82.9 Å². The first-order valence-electron chi connectivity index (χ1n) is 21.1. The van der Waals surface area contributed by atoms with Crippen molar-refractivity contribution in [1.29, 1.82) is 0 Å². The molecule has 13 aromatic rings. The van der Waals surface area contributed by atoms with E-state index in [2.05, 4.69) is 138 Å². The van der Waals surface area contributed by atoms with Gasteiger partial charge in [0.25, 0.3) is 0 Å². The van der Waals surface area contributed by atoms with Crippen molar-refractivity contribution in [1.82, 2.24) is 19.5 Å². The lowest BCUT2D eigenvalue weighted by atomic mass is 9.99. The van der Waals surface area contributed by atoms with E-state index in [1.807, 2.05) is 72.8 Å². The molecule has 4 aromatic heterocycles. The molecule has 0 saturated carbocycles. The van der Waals surface area contributed by atoms with Gasteiger partial charge in [-0.3, -0.25) is 0 Å². The minimum absolute atomic E-state index is 0.568. The number of fused-ring (bicyclic) bond motifs is 9. The summed E-state index contributed by atoms with van der Waals surface area (Å²) in [6.45, 7) is 0. The second kappa shape index (κ2) is 14.0. The molecule has 0 N–H and O–H groups in total. The average Bonchev–Trinajstić information content (AvgIpc) is 4.03. The molecule has 0 unspecified atom stereocenters. The third-order valence-corrected chi connectivity index (χ3v) is 12.3. The average molecular weight is 807 g/mol. The van der Waals surface area contributed by atoms with E-state index in [4.69, 9.17) is 23.8 Å². The zero-order valence-corrected chi connectivity index (χ0v) is 33.7. The smallest absolute Gasteiger partial charge is 0.164 e. The second-order valence-corrected chi connectivity index (χ2v) is 16.0. The van der Waals surface area contributed by atoms with Crippen LogP contribution in [0.15, 0.2) is 215 Å². The summed E-state index contributed by atoms with van der Waals surface area (Å²) in [6.07, 6.45) is 0. The maximum atomic E-state index is 6.56. The highest BCUT2D eigenvalue weighted by Crippen LogP contribution is 2.41. The van der Waals surface area contributed by atoms with Gasteiger partial charge in [-0.2, -0.15) is 0 Å². The molecule has 0 fully saturated rings. The lowest BCUT2D eigenvalue weighted by Gasteiger charge is -2.10. The van der Waals surface area contributed by atoms with Crippen molar-refractivity contribution in [2.24, 2.45) is 0 Å². The summed E-state index contributed by atoms with van der Waals surface area (Å²) < 4.78 is 15.1. The van der Waals surface area contributed by atoms with Gasteiger partial charge in [-0.1, -0.05) is 133 Å². The number of rotatable bonds is 6. The summed E-state index contributed by atoms with van der Waals surface area (Å²) in [5, 5.41) is 6.43. The number of benzene rings is 9. The van der Waals surface area contributed by atoms with Crippen molar-refractivity contribution in [3.8, 4) is 62.1 Å². The van der Waals surface area contributed by atoms with Crippen molar-refractivity contribution in [3.63, 3.8) is 0 Å². The minimum Gasteiger partial charge on any atom is -0.456 e. The number of furan rings is 2. The van der Waals surface area contributed by atoms with Gasteiger partial charge in [0.1, 0.15) is 22.3 Å². The Balaban J connectivity index is 0.985. The SMILES string of the molecule is c1ccc(-c2ccc3c(c2)c2ccc(-c4ccc5oc6cccc(-c7nc(-c8ccccc8)nc(-c8ccc9oc%10ccccc%10c9c8)n7)c6c5c4)cc2n3-c2ccccc2)cc1. The number of nitrogens with zero attached hydrogens (tertiary/aromatic N) is 4. The fourth-order valence-electron chi connectivity index (χ4n) is 9.27. The first-order valence-corrected chi connectivity index (χ1v) is 21.1. The van der Waals surface area contributed by atoms with Gasteiger partial charge in [-0.05, 0) is 95.1 Å². The van der Waals surface area contributed by atoms with Gasteiger partial charge < -0.3 is 13.4 Å². The van der Waals surface area contributed by atoms with Crippen LogP contribution < -0.4 is 0 Å². The van der Waals surface area contributed by atoms with Crippen molar-refractivity contribution < 1.29 is 8.83 Å². The molecule has 0 amide bonds. The Bertz CT molecular complexity index is 3900. The fraction of sp³-hybridized carbons (Fsp3) is 0. The molecule has 0 atom stereocenters. The predicted octanol–water partition coefficient (Wildman–Crippen LogP) is 15.1. The van der Waals surface area contributed by atoms with Crippen LogP contribution in [0, 0.1) is 0 Å². The molecule has 0 aliphatic heterocycles. The first-order chi connectivity index (χ1) is 31.2. The van der Waals surface area contributed by atoms with E-state index in [1.165, 1.54) is 27.4 Å². The highest BCUT2D eigenvalue weighted by molar-refractivity contribution is 6.14. The van der Waals surface area contributed by atoms with Crippen LogP contribution in [0.5, 0.6) is 0 Å². The monoisotopic (exact) mass is 806 g/mol. The van der Waals surface area contributed by atoms with E-state index < -0.39 is 0 Å². The Morgan fingerprint density at radius 3 is 1.68 bits per heavy atom. The molecular formula is C57H34N4O2. The Kier molecular flexibility index (Phi) is 7.80. The van der Waals surface area contributed by atoms with Gasteiger partial charge in [0.05, 0.1) is 11.0 Å². The quantitative estimate of drug-likeness (QED) is 0.167. The maximum Gasteiger partial charge on any atom is 0.164 e. The summed E-state index contributed by atoms with van der Waals surface area (Å²) in [6, 6.07) is 71.7. The molecule has 0 aliphatic rings. The van der Waals surface area contributed by atoms with E-state index in [9.17, 15) is 0 Å². The zero-order chi connectivity index (χ0) is 41.4. The lowest BCUT2D eigenvalue weighted by molar-refractivity contribution is 0.668. The van der Waals surface area contributed by atoms with Gasteiger partial charge in [0.2, 0.25) is 0 Å². The number of hydrogen-bond donors (Lipinski definition) is 0. The van der Waals surface area contributed by atoms with E-state index >= 15 is 0 Å². The van der Waals surface area contributed by atoms with Crippen LogP contribution in [0.1, 0.15) is 0 Å². The summed E-state index contributed by atoms with van der Waals surface area (Å²) >= 11 is 0. The normalized spacial score (nSPS) is 11.8. The molecule has 6 heteroatoms. The van der Waals surface area contributed by atoms with Gasteiger partial charge in [0.15, 0.2) is 17.5 Å². The highest BCUT2D eigenvalue weighted by Gasteiger charge is 2.20. The van der Waals surface area contributed by atoms with Crippen LogP contribution >= 0.6 is 0 Å². The first kappa shape index (κ1) is 35.2. The van der Waals surface area contributed by atoms with E-state index in [1.54, 1.807) is 0 Å². The molecule has 6 nitrogen and oxygen atoms in total. The topological polar surface area (TPSA) is 69.9 Å². The molecule has 9 aromatic carbocycles. The van der Waals surface area contributed by atoms with Crippen molar-refractivity contribution in [2.45, 2.75) is 0 Å². The molecular weight excluding hydrogens is 773 g/mol. The Labute approximate surface area is 361 Å². The van der Waals surface area contributed by atoms with Crippen LogP contribution in [0.4, 0.5) is 0 Å². The van der Waals surface area contributed by atoms with E-state index in [0.29, 0.717) is 17.5 Å². The Morgan fingerprint density at radius 2 is 0.857 bits per heavy atom. The van der Waals surface area contributed by atoms with Crippen LogP contribution in [0.25, 0.3) is 128 Å². The standard InChI is InChI=1S/C57H34N4O2/c1-4-13-35(14-5-1)37-24-28-48-45(31-37)42-27-23-39(34-49(42)61(48)41-17-8-3-9-18-41)38-25-29-52-47(32-38)54-44(20-12-22-53(54)63-52)57-59-55(36-15-6-2-7-16-36)58-56(60-57)40-26-30-51-46(33-40)43-19-10-11-21-50(43)62-51/h1-34H. The van der Waals surface area contributed by atoms with Crippen molar-refractivity contribution >= 4 is 65.7 Å². The Morgan fingerprint density at radius 1 is 0.302 bits per heavy atom. The molecule has 0 bridgehead atoms. The lowest BCUT2D eigenvalue weighted by Crippen LogP contribution is -2.00. The number of hydrogen-bond acceptors (Lipinski definition) is 5. The van der Waals surface area contributed by atoms with Gasteiger partial charge >= 0.3 is 0 Å². The summed E-state index contributed by atoms with van der Waals surface area (Å²) in [5.41, 5.74) is 13.9. The number of aromatic nitrogens is 4. The van der Waals surface area contributed by atoms with E-state index in [-0.39, 0.29) is 0 Å². The largest absolute Gasteiger partial charge is 0.456 e. The van der Waals surface area contributed by atoms with Crippen LogP contribution in [0.3, 0.4) is 0 Å². The molecule has 294 valence electrons. The van der Waals surface area contributed by atoms with Crippen molar-refractivity contribution in [3.05, 3.63) is 206 Å². The third-order valence-electron chi connectivity index (χ3n) is 12.3. The summed E-state index contributed by atoms with van der Waals surface area (Å²) in [5.74, 6) is 1.74. The van der Waals surface area contributed by atoms with Crippen LogP contribution in [-0.4, -0.2) is 19.5 Å². The molecule has 0 radical (unpaired) electrons. The third kappa shape index (κ3) is 5.76. The van der Waals surface area contributed by atoms with Crippen LogP contribution in [0.2, 0.25) is 0 Å². The Hall–Kier alpha value is -8.61. The van der Waals surface area contributed by atoms with Gasteiger partial charge in [0, 0.05) is 54.7 Å². The molecule has 0 saturated heterocycles. The highest BCUT2D eigenvalue weighted by atomic mass is 16.3. The fourth-order valence-corrected chi connectivity index (χ4v) is 9.27. The molecule has 0 spiro atoms. The molecule has 0 aliphatic carbocycles. The number of para-hydroxylation sites is 2. The second-order valence-electron chi connectivity index (χ2n) is 16.0. The predicted molar refractivity (Wildman–Crippen MR) is 256 cm³/mol. The van der Waals surface area contributed by atoms with Gasteiger partial charge in [-0.15, -0.1) is 0 Å².